The largest absolute Gasteiger partial charge is 0.479 e. The number of hydrogen-bond acceptors (Lipinski definition) is 2. The van der Waals surface area contributed by atoms with Crippen molar-refractivity contribution in [2.24, 2.45) is 0 Å². The highest BCUT2D eigenvalue weighted by atomic mass is 16.4. The molecule has 0 fully saturated rings. The van der Waals surface area contributed by atoms with Crippen LogP contribution >= 0.6 is 0 Å². The monoisotopic (exact) mass is 205 g/mol. The number of rotatable bonds is 1. The lowest BCUT2D eigenvalue weighted by atomic mass is 9.93. The van der Waals surface area contributed by atoms with Crippen molar-refractivity contribution in [3.63, 3.8) is 0 Å². The fourth-order valence-corrected chi connectivity index (χ4v) is 1.90. The summed E-state index contributed by atoms with van der Waals surface area (Å²) < 4.78 is 0. The Balaban J connectivity index is 2.54. The van der Waals surface area contributed by atoms with Crippen LogP contribution in [-0.2, 0) is 16.0 Å². The number of benzene rings is 1. The molecule has 1 aliphatic rings. The Hall–Kier alpha value is -1.84. The summed E-state index contributed by atoms with van der Waals surface area (Å²) >= 11 is 0. The smallest absolute Gasteiger partial charge is 0.331 e. The Labute approximate surface area is 87.1 Å². The highest BCUT2D eigenvalue weighted by Crippen LogP contribution is 2.28. The predicted octanol–water partition coefficient (Wildman–Crippen LogP) is 0.827. The van der Waals surface area contributed by atoms with Gasteiger partial charge in [-0.25, -0.2) is 4.79 Å². The molecular weight excluding hydrogens is 194 g/mol. The Morgan fingerprint density at radius 2 is 2.13 bits per heavy atom. The molecule has 2 rings (SSSR count). The van der Waals surface area contributed by atoms with Crippen LogP contribution in [0.5, 0.6) is 0 Å². The number of likely N-dealkylation sites (N-methyl/N-ethyl adjacent to an activating group) is 1. The quantitative estimate of drug-likeness (QED) is 0.738. The van der Waals surface area contributed by atoms with Crippen molar-refractivity contribution in [1.29, 1.82) is 0 Å². The number of carboxylic acids is 1. The average Bonchev–Trinajstić information content (AvgIpc) is 2.19. The van der Waals surface area contributed by atoms with Gasteiger partial charge in [0, 0.05) is 7.05 Å². The van der Waals surface area contributed by atoms with Crippen molar-refractivity contribution >= 4 is 11.9 Å². The van der Waals surface area contributed by atoms with Crippen LogP contribution < -0.4 is 0 Å². The van der Waals surface area contributed by atoms with Crippen LogP contribution in [0.4, 0.5) is 0 Å². The van der Waals surface area contributed by atoms with Gasteiger partial charge >= 0.3 is 5.97 Å². The lowest BCUT2D eigenvalue weighted by molar-refractivity contribution is -0.150. The third-order valence-corrected chi connectivity index (χ3v) is 2.71. The van der Waals surface area contributed by atoms with Crippen molar-refractivity contribution in [2.45, 2.75) is 12.5 Å². The Morgan fingerprint density at radius 1 is 1.47 bits per heavy atom. The zero-order chi connectivity index (χ0) is 11.0. The third-order valence-electron chi connectivity index (χ3n) is 2.71. The van der Waals surface area contributed by atoms with Crippen molar-refractivity contribution in [3.8, 4) is 0 Å². The molecule has 1 atom stereocenters. The minimum Gasteiger partial charge on any atom is -0.479 e. The van der Waals surface area contributed by atoms with Crippen LogP contribution in [0, 0.1) is 0 Å². The molecule has 0 saturated heterocycles. The Morgan fingerprint density at radius 3 is 2.80 bits per heavy atom. The number of nitrogens with zero attached hydrogens (tertiary/aromatic N) is 1. The van der Waals surface area contributed by atoms with Crippen LogP contribution in [0.25, 0.3) is 0 Å². The molecule has 15 heavy (non-hydrogen) atoms. The van der Waals surface area contributed by atoms with Crippen LogP contribution in [0.3, 0.4) is 0 Å². The summed E-state index contributed by atoms with van der Waals surface area (Å²) in [5.74, 6) is -1.14. The first kappa shape index (κ1) is 9.71. The molecule has 1 heterocycles. The molecule has 0 bridgehead atoms. The highest BCUT2D eigenvalue weighted by molar-refractivity contribution is 5.89. The van der Waals surface area contributed by atoms with E-state index < -0.39 is 12.0 Å². The van der Waals surface area contributed by atoms with Crippen LogP contribution in [0.15, 0.2) is 24.3 Å². The van der Waals surface area contributed by atoms with Gasteiger partial charge < -0.3 is 10.0 Å². The first-order valence-corrected chi connectivity index (χ1v) is 4.67. The number of hydrogen-bond donors (Lipinski definition) is 1. The lowest BCUT2D eigenvalue weighted by Crippen LogP contribution is -2.40. The van der Waals surface area contributed by atoms with Gasteiger partial charge in [-0.3, -0.25) is 4.79 Å². The summed E-state index contributed by atoms with van der Waals surface area (Å²) in [5.41, 5.74) is 1.53. The molecule has 1 amide bonds. The zero-order valence-electron chi connectivity index (χ0n) is 8.30. The van der Waals surface area contributed by atoms with E-state index in [-0.39, 0.29) is 12.3 Å². The molecule has 1 aliphatic heterocycles. The molecule has 1 aromatic carbocycles. The third kappa shape index (κ3) is 1.48. The number of carboxylic acid groups (broad SMARTS) is 1. The first-order valence-electron chi connectivity index (χ1n) is 4.67. The number of carbonyl (C=O) groups is 2. The Bertz CT molecular complexity index is 428. The van der Waals surface area contributed by atoms with E-state index in [1.54, 1.807) is 18.2 Å². The molecule has 78 valence electrons. The molecular formula is C11H11NO3. The fraction of sp³-hybridized carbons (Fsp3) is 0.273. The molecule has 0 spiro atoms. The maximum absolute atomic E-state index is 11.5. The highest BCUT2D eigenvalue weighted by Gasteiger charge is 2.34. The molecule has 0 saturated carbocycles. The standard InChI is InChI=1S/C11H11NO3/c1-12-9(13)6-7-4-2-3-5-8(7)10(12)11(14)15/h2-5,10H,6H2,1H3,(H,14,15). The van der Waals surface area contributed by atoms with E-state index >= 15 is 0 Å². The second-order valence-corrected chi connectivity index (χ2v) is 3.62. The molecule has 1 N–H and O–H groups in total. The van der Waals surface area contributed by atoms with Crippen LogP contribution in [0.1, 0.15) is 17.2 Å². The molecule has 1 aromatic rings. The van der Waals surface area contributed by atoms with E-state index in [0.29, 0.717) is 5.56 Å². The molecule has 4 nitrogen and oxygen atoms in total. The van der Waals surface area contributed by atoms with E-state index in [9.17, 15) is 9.59 Å². The minimum absolute atomic E-state index is 0.152. The van der Waals surface area contributed by atoms with Crippen molar-refractivity contribution in [3.05, 3.63) is 35.4 Å². The summed E-state index contributed by atoms with van der Waals surface area (Å²) in [4.78, 5) is 23.9. The SMILES string of the molecule is CN1C(=O)Cc2ccccc2C1C(=O)O. The molecule has 0 radical (unpaired) electrons. The van der Waals surface area contributed by atoms with Gasteiger partial charge in [0.1, 0.15) is 0 Å². The summed E-state index contributed by atoms with van der Waals surface area (Å²) in [7, 11) is 1.52. The van der Waals surface area contributed by atoms with Gasteiger partial charge in [0.2, 0.25) is 5.91 Å². The topological polar surface area (TPSA) is 57.6 Å². The fourth-order valence-electron chi connectivity index (χ4n) is 1.90. The normalized spacial score (nSPS) is 19.9. The molecule has 0 aliphatic carbocycles. The van der Waals surface area contributed by atoms with Gasteiger partial charge in [-0.1, -0.05) is 24.3 Å². The van der Waals surface area contributed by atoms with Gasteiger partial charge in [0.15, 0.2) is 6.04 Å². The number of carbonyl (C=O) groups excluding carboxylic acids is 1. The summed E-state index contributed by atoms with van der Waals surface area (Å²) in [6, 6.07) is 6.32. The van der Waals surface area contributed by atoms with E-state index in [1.807, 2.05) is 6.07 Å². The summed E-state index contributed by atoms with van der Waals surface area (Å²) in [6.07, 6.45) is 0.288. The summed E-state index contributed by atoms with van der Waals surface area (Å²) in [6.45, 7) is 0. The Kier molecular flexibility index (Phi) is 2.19. The summed E-state index contributed by atoms with van der Waals surface area (Å²) in [5, 5.41) is 9.08. The first-order chi connectivity index (χ1) is 7.11. The lowest BCUT2D eigenvalue weighted by Gasteiger charge is -2.31. The van der Waals surface area contributed by atoms with Gasteiger partial charge in [-0.15, -0.1) is 0 Å². The number of fused-ring (bicyclic) bond motifs is 1. The van der Waals surface area contributed by atoms with Crippen molar-refractivity contribution in [2.75, 3.05) is 7.05 Å². The van der Waals surface area contributed by atoms with E-state index in [0.717, 1.165) is 5.56 Å². The average molecular weight is 205 g/mol. The second kappa shape index (κ2) is 3.38. The van der Waals surface area contributed by atoms with E-state index in [2.05, 4.69) is 0 Å². The second-order valence-electron chi connectivity index (χ2n) is 3.62. The maximum atomic E-state index is 11.5. The van der Waals surface area contributed by atoms with Crippen LogP contribution in [-0.4, -0.2) is 28.9 Å². The van der Waals surface area contributed by atoms with E-state index in [1.165, 1.54) is 11.9 Å². The predicted molar refractivity (Wildman–Crippen MR) is 53.3 cm³/mol. The van der Waals surface area contributed by atoms with Gasteiger partial charge in [0.25, 0.3) is 0 Å². The molecule has 4 heteroatoms. The van der Waals surface area contributed by atoms with Crippen LogP contribution in [0.2, 0.25) is 0 Å². The van der Waals surface area contributed by atoms with Crippen molar-refractivity contribution in [1.82, 2.24) is 4.90 Å². The molecule has 0 aromatic heterocycles. The minimum atomic E-state index is -0.988. The van der Waals surface area contributed by atoms with E-state index in [4.69, 9.17) is 5.11 Å². The number of amides is 1. The van der Waals surface area contributed by atoms with Gasteiger partial charge in [-0.05, 0) is 11.1 Å². The maximum Gasteiger partial charge on any atom is 0.331 e. The van der Waals surface area contributed by atoms with Gasteiger partial charge in [0.05, 0.1) is 6.42 Å². The van der Waals surface area contributed by atoms with Gasteiger partial charge in [-0.2, -0.15) is 0 Å². The number of aliphatic carboxylic acids is 1. The zero-order valence-corrected chi connectivity index (χ0v) is 8.30. The molecule has 1 unspecified atom stereocenters. The van der Waals surface area contributed by atoms with Crippen molar-refractivity contribution < 1.29 is 14.7 Å².